The zero-order valence-electron chi connectivity index (χ0n) is 9.47. The van der Waals surface area contributed by atoms with Crippen LogP contribution >= 0.6 is 27.5 Å². The summed E-state index contributed by atoms with van der Waals surface area (Å²) in [5.41, 5.74) is 0.379. The molecule has 17 heavy (non-hydrogen) atoms. The molecule has 1 rings (SSSR count). The molecule has 0 heterocycles. The number of carbonyl (C=O) groups is 1. The lowest BCUT2D eigenvalue weighted by Gasteiger charge is -2.15. The van der Waals surface area contributed by atoms with Crippen molar-refractivity contribution in [1.29, 1.82) is 0 Å². The molecule has 0 bridgehead atoms. The highest BCUT2D eigenvalue weighted by molar-refractivity contribution is 9.09. The van der Waals surface area contributed by atoms with Crippen molar-refractivity contribution in [3.8, 4) is 0 Å². The first-order valence-corrected chi connectivity index (χ1v) is 6.90. The van der Waals surface area contributed by atoms with Crippen LogP contribution in [0.25, 0.3) is 0 Å². The molecule has 1 unspecified atom stereocenters. The van der Waals surface area contributed by atoms with E-state index < -0.39 is 5.82 Å². The summed E-state index contributed by atoms with van der Waals surface area (Å²) in [6.45, 7) is 2.01. The van der Waals surface area contributed by atoms with Gasteiger partial charge in [-0.25, -0.2) is 4.39 Å². The predicted octanol–water partition coefficient (Wildman–Crippen LogP) is 3.77. The highest BCUT2D eigenvalue weighted by atomic mass is 79.9. The summed E-state index contributed by atoms with van der Waals surface area (Å²) in [4.78, 5) is 11.8. The monoisotopic (exact) mass is 321 g/mol. The molecule has 1 aromatic carbocycles. The normalized spacial score (nSPS) is 12.2. The van der Waals surface area contributed by atoms with Gasteiger partial charge in [-0.05, 0) is 31.0 Å². The molecule has 0 radical (unpaired) electrons. The van der Waals surface area contributed by atoms with Gasteiger partial charge in [0.25, 0.3) is 5.91 Å². The van der Waals surface area contributed by atoms with Crippen LogP contribution in [0.15, 0.2) is 18.2 Å². The molecule has 5 heteroatoms. The Morgan fingerprint density at radius 1 is 1.59 bits per heavy atom. The maximum absolute atomic E-state index is 12.9. The van der Waals surface area contributed by atoms with Crippen molar-refractivity contribution in [2.45, 2.75) is 25.8 Å². The summed E-state index contributed by atoms with van der Waals surface area (Å²) in [6.07, 6.45) is 1.71. The maximum Gasteiger partial charge on any atom is 0.251 e. The molecular formula is C12H14BrClFNO. The zero-order valence-corrected chi connectivity index (χ0v) is 11.8. The Kier molecular flexibility index (Phi) is 5.92. The number of hydrogen-bond acceptors (Lipinski definition) is 1. The Hall–Kier alpha value is -0.610. The van der Waals surface area contributed by atoms with Gasteiger partial charge in [0.1, 0.15) is 5.82 Å². The van der Waals surface area contributed by atoms with Crippen LogP contribution < -0.4 is 5.32 Å². The van der Waals surface area contributed by atoms with E-state index in [4.69, 9.17) is 11.6 Å². The van der Waals surface area contributed by atoms with Gasteiger partial charge in [-0.2, -0.15) is 0 Å². The highest BCUT2D eigenvalue weighted by Crippen LogP contribution is 2.16. The molecule has 1 amide bonds. The van der Waals surface area contributed by atoms with Crippen LogP contribution in [0.5, 0.6) is 0 Å². The van der Waals surface area contributed by atoms with Crippen LogP contribution in [-0.4, -0.2) is 17.3 Å². The van der Waals surface area contributed by atoms with Crippen LogP contribution in [0.3, 0.4) is 0 Å². The summed E-state index contributed by atoms with van der Waals surface area (Å²) in [5.74, 6) is -0.740. The van der Waals surface area contributed by atoms with Gasteiger partial charge in [0, 0.05) is 16.9 Å². The SMILES string of the molecule is CCC(CCBr)NC(=O)c1ccc(F)c(Cl)c1. The number of amides is 1. The molecule has 0 spiro atoms. The van der Waals surface area contributed by atoms with Gasteiger partial charge in [-0.3, -0.25) is 4.79 Å². The quantitative estimate of drug-likeness (QED) is 0.821. The third kappa shape index (κ3) is 4.28. The predicted molar refractivity (Wildman–Crippen MR) is 71.4 cm³/mol. The zero-order chi connectivity index (χ0) is 12.8. The van der Waals surface area contributed by atoms with Crippen molar-refractivity contribution in [1.82, 2.24) is 5.32 Å². The molecule has 0 fully saturated rings. The van der Waals surface area contributed by atoms with Gasteiger partial charge in [0.05, 0.1) is 5.02 Å². The summed E-state index contributed by atoms with van der Waals surface area (Å²) < 4.78 is 12.9. The van der Waals surface area contributed by atoms with Crippen LogP contribution in [0, 0.1) is 5.82 Å². The smallest absolute Gasteiger partial charge is 0.251 e. The highest BCUT2D eigenvalue weighted by Gasteiger charge is 2.12. The van der Waals surface area contributed by atoms with E-state index in [2.05, 4.69) is 21.2 Å². The lowest BCUT2D eigenvalue weighted by molar-refractivity contribution is 0.0935. The lowest BCUT2D eigenvalue weighted by atomic mass is 10.1. The van der Waals surface area contributed by atoms with Crippen molar-refractivity contribution in [2.24, 2.45) is 0 Å². The molecule has 1 atom stereocenters. The Labute approximate surface area is 114 Å². The van der Waals surface area contributed by atoms with Gasteiger partial charge in [0.2, 0.25) is 0 Å². The van der Waals surface area contributed by atoms with Crippen LogP contribution in [-0.2, 0) is 0 Å². The summed E-state index contributed by atoms with van der Waals surface area (Å²) in [7, 11) is 0. The molecule has 1 N–H and O–H groups in total. The molecule has 0 aliphatic heterocycles. The molecule has 2 nitrogen and oxygen atoms in total. The van der Waals surface area contributed by atoms with Crippen molar-refractivity contribution >= 4 is 33.4 Å². The third-order valence-electron chi connectivity index (χ3n) is 2.47. The molecule has 1 aromatic rings. The van der Waals surface area contributed by atoms with Crippen LogP contribution in [0.4, 0.5) is 4.39 Å². The number of halogens is 3. The van der Waals surface area contributed by atoms with Crippen molar-refractivity contribution < 1.29 is 9.18 Å². The number of carbonyl (C=O) groups excluding carboxylic acids is 1. The van der Waals surface area contributed by atoms with Gasteiger partial charge < -0.3 is 5.32 Å². The first-order valence-electron chi connectivity index (χ1n) is 5.40. The first kappa shape index (κ1) is 14.5. The van der Waals surface area contributed by atoms with Crippen LogP contribution in [0.2, 0.25) is 5.02 Å². The van der Waals surface area contributed by atoms with E-state index in [0.717, 1.165) is 18.2 Å². The van der Waals surface area contributed by atoms with E-state index in [0.29, 0.717) is 5.56 Å². The van der Waals surface area contributed by atoms with Gasteiger partial charge in [-0.15, -0.1) is 0 Å². The minimum Gasteiger partial charge on any atom is -0.349 e. The van der Waals surface area contributed by atoms with E-state index >= 15 is 0 Å². The van der Waals surface area contributed by atoms with Crippen molar-refractivity contribution in [3.63, 3.8) is 0 Å². The Balaban J connectivity index is 2.72. The molecule has 0 aliphatic carbocycles. The standard InChI is InChI=1S/C12H14BrClFNO/c1-2-9(5-6-13)16-12(17)8-3-4-11(15)10(14)7-8/h3-4,7,9H,2,5-6H2,1H3,(H,16,17). The summed E-state index contributed by atoms with van der Waals surface area (Å²) in [5, 5.41) is 3.67. The van der Waals surface area contributed by atoms with Gasteiger partial charge in [0.15, 0.2) is 0 Å². The number of nitrogens with one attached hydrogen (secondary N) is 1. The van der Waals surface area contributed by atoms with Crippen molar-refractivity contribution in [2.75, 3.05) is 5.33 Å². The van der Waals surface area contributed by atoms with E-state index in [1.165, 1.54) is 18.2 Å². The maximum atomic E-state index is 12.9. The molecule has 0 aliphatic rings. The first-order chi connectivity index (χ1) is 8.08. The fourth-order valence-corrected chi connectivity index (χ4v) is 2.15. The average Bonchev–Trinajstić information content (AvgIpc) is 2.31. The van der Waals surface area contributed by atoms with E-state index in [1.54, 1.807) is 0 Å². The number of hydrogen-bond donors (Lipinski definition) is 1. The molecule has 0 saturated heterocycles. The van der Waals surface area contributed by atoms with Gasteiger partial charge >= 0.3 is 0 Å². The molecular weight excluding hydrogens is 308 g/mol. The lowest BCUT2D eigenvalue weighted by Crippen LogP contribution is -2.34. The second kappa shape index (κ2) is 6.97. The second-order valence-corrected chi connectivity index (χ2v) is 4.89. The van der Waals surface area contributed by atoms with Crippen LogP contribution in [0.1, 0.15) is 30.1 Å². The number of benzene rings is 1. The van der Waals surface area contributed by atoms with E-state index in [9.17, 15) is 9.18 Å². The molecule has 0 saturated carbocycles. The largest absolute Gasteiger partial charge is 0.349 e. The second-order valence-electron chi connectivity index (χ2n) is 3.69. The Morgan fingerprint density at radius 3 is 2.82 bits per heavy atom. The van der Waals surface area contributed by atoms with E-state index in [-0.39, 0.29) is 17.0 Å². The molecule has 94 valence electrons. The number of rotatable bonds is 5. The summed E-state index contributed by atoms with van der Waals surface area (Å²) in [6, 6.07) is 4.08. The Morgan fingerprint density at radius 2 is 2.29 bits per heavy atom. The topological polar surface area (TPSA) is 29.1 Å². The minimum absolute atomic E-state index is 0.0359. The fourth-order valence-electron chi connectivity index (χ4n) is 1.42. The van der Waals surface area contributed by atoms with E-state index in [1.807, 2.05) is 6.92 Å². The number of alkyl halides is 1. The summed E-state index contributed by atoms with van der Waals surface area (Å²) >= 11 is 8.96. The Bertz CT molecular complexity index is 400. The molecule has 0 aromatic heterocycles. The van der Waals surface area contributed by atoms with Crippen molar-refractivity contribution in [3.05, 3.63) is 34.6 Å². The van der Waals surface area contributed by atoms with Gasteiger partial charge in [-0.1, -0.05) is 34.5 Å². The minimum atomic E-state index is -0.518. The average molecular weight is 323 g/mol. The fraction of sp³-hybridized carbons (Fsp3) is 0.417. The third-order valence-corrected chi connectivity index (χ3v) is 3.21.